The van der Waals surface area contributed by atoms with Crippen LogP contribution in [0.15, 0.2) is 97.1 Å². The summed E-state index contributed by atoms with van der Waals surface area (Å²) in [5, 5.41) is 8.30. The normalized spacial score (nSPS) is 16.2. The van der Waals surface area contributed by atoms with E-state index in [2.05, 4.69) is 74.7 Å². The molecule has 0 bridgehead atoms. The third-order valence-corrected chi connectivity index (χ3v) is 9.63. The number of amides is 2. The number of aromatic nitrogens is 2. The molecule has 2 aromatic heterocycles. The van der Waals surface area contributed by atoms with E-state index in [1.54, 1.807) is 0 Å². The van der Waals surface area contributed by atoms with Crippen molar-refractivity contribution < 1.29 is 9.59 Å². The third-order valence-electron chi connectivity index (χ3n) is 9.63. The lowest BCUT2D eigenvalue weighted by atomic mass is 9.90. The van der Waals surface area contributed by atoms with E-state index in [0.717, 1.165) is 81.1 Å². The Morgan fingerprint density at radius 3 is 1.33 bits per heavy atom. The van der Waals surface area contributed by atoms with Crippen molar-refractivity contribution in [2.24, 2.45) is 0 Å². The Kier molecular flexibility index (Phi) is 8.49. The van der Waals surface area contributed by atoms with Gasteiger partial charge < -0.3 is 10.6 Å². The number of nitrogens with zero attached hydrogens (tertiary/aromatic N) is 2. The molecule has 4 aromatic carbocycles. The molecular weight excluding hydrogens is 592 g/mol. The summed E-state index contributed by atoms with van der Waals surface area (Å²) in [4.78, 5) is 37.4. The van der Waals surface area contributed by atoms with Crippen molar-refractivity contribution in [1.82, 2.24) is 20.6 Å². The monoisotopic (exact) mass is 632 g/mol. The number of para-hydroxylation sites is 2. The fraction of sp³-hybridized carbons (Fsp3) is 0.238. The van der Waals surface area contributed by atoms with Crippen LogP contribution in [0.1, 0.15) is 68.7 Å². The van der Waals surface area contributed by atoms with Crippen LogP contribution in [0.4, 0.5) is 0 Å². The Morgan fingerprint density at radius 2 is 0.938 bits per heavy atom. The van der Waals surface area contributed by atoms with Crippen LogP contribution in [0.2, 0.25) is 0 Å². The number of benzene rings is 4. The fourth-order valence-corrected chi connectivity index (χ4v) is 7.11. The smallest absolute Gasteiger partial charge is 0.252 e. The van der Waals surface area contributed by atoms with Crippen molar-refractivity contribution in [1.29, 1.82) is 0 Å². The lowest BCUT2D eigenvalue weighted by molar-refractivity contribution is 0.0893. The van der Waals surface area contributed by atoms with Crippen molar-refractivity contribution in [3.63, 3.8) is 0 Å². The van der Waals surface area contributed by atoms with Crippen LogP contribution in [0.5, 0.6) is 0 Å². The highest BCUT2D eigenvalue weighted by Crippen LogP contribution is 2.30. The Hall–Kier alpha value is -5.36. The van der Waals surface area contributed by atoms with Crippen molar-refractivity contribution in [3.8, 4) is 22.5 Å². The first kappa shape index (κ1) is 31.3. The zero-order chi connectivity index (χ0) is 33.4. The minimum Gasteiger partial charge on any atom is -0.349 e. The van der Waals surface area contributed by atoms with E-state index in [4.69, 9.17) is 9.97 Å². The second kappa shape index (κ2) is 13.0. The predicted molar refractivity (Wildman–Crippen MR) is 194 cm³/mol. The first-order valence-corrected chi connectivity index (χ1v) is 16.8. The molecule has 7 rings (SSSR count). The highest BCUT2D eigenvalue weighted by molar-refractivity contribution is 6.08. The quantitative estimate of drug-likeness (QED) is 0.192. The van der Waals surface area contributed by atoms with Gasteiger partial charge in [-0.2, -0.15) is 0 Å². The van der Waals surface area contributed by atoms with Gasteiger partial charge in [0.1, 0.15) is 0 Å². The van der Waals surface area contributed by atoms with Gasteiger partial charge in [-0.25, -0.2) is 9.97 Å². The molecule has 6 aromatic rings. The second-order valence-electron chi connectivity index (χ2n) is 13.3. The number of carbonyl (C=O) groups is 2. The summed E-state index contributed by atoms with van der Waals surface area (Å²) in [5.41, 5.74) is 11.2. The van der Waals surface area contributed by atoms with E-state index in [9.17, 15) is 9.59 Å². The molecule has 0 unspecified atom stereocenters. The van der Waals surface area contributed by atoms with Gasteiger partial charge in [0, 0.05) is 34.0 Å². The molecule has 1 aliphatic rings. The average Bonchev–Trinajstić information content (AvgIpc) is 3.08. The summed E-state index contributed by atoms with van der Waals surface area (Å²) in [6.07, 6.45) is 3.14. The molecule has 1 saturated carbocycles. The lowest BCUT2D eigenvalue weighted by Crippen LogP contribution is -2.44. The molecule has 6 heteroatoms. The van der Waals surface area contributed by atoms with Crippen LogP contribution in [0, 0.1) is 27.7 Å². The molecule has 0 saturated heterocycles. The number of hydrogen-bond donors (Lipinski definition) is 2. The highest BCUT2D eigenvalue weighted by Gasteiger charge is 2.26. The van der Waals surface area contributed by atoms with Gasteiger partial charge in [-0.15, -0.1) is 0 Å². The van der Waals surface area contributed by atoms with Crippen LogP contribution >= 0.6 is 0 Å². The molecule has 48 heavy (non-hydrogen) atoms. The van der Waals surface area contributed by atoms with E-state index in [1.165, 1.54) is 11.1 Å². The molecule has 0 aliphatic heterocycles. The molecule has 2 N–H and O–H groups in total. The van der Waals surface area contributed by atoms with Gasteiger partial charge >= 0.3 is 0 Å². The van der Waals surface area contributed by atoms with Crippen LogP contribution < -0.4 is 10.6 Å². The number of carbonyl (C=O) groups excluding carboxylic acids is 2. The molecule has 240 valence electrons. The molecular formula is C42H40N4O2. The van der Waals surface area contributed by atoms with Gasteiger partial charge in [-0.1, -0.05) is 83.9 Å². The van der Waals surface area contributed by atoms with E-state index < -0.39 is 0 Å². The van der Waals surface area contributed by atoms with Crippen LogP contribution in [0.25, 0.3) is 44.3 Å². The molecule has 1 aliphatic carbocycles. The minimum absolute atomic E-state index is 0.0278. The molecule has 1 fully saturated rings. The van der Waals surface area contributed by atoms with Crippen LogP contribution in [-0.2, 0) is 0 Å². The SMILES string of the molecule is Cc1ccc(-c2cc(C(=O)NC3CCC(NC(=O)c4cc(-c5ccc(C)cc5C)nc5ccccc45)CC3)c3ccccc3n2)c(C)c1. The predicted octanol–water partition coefficient (Wildman–Crippen LogP) is 8.82. The van der Waals surface area contributed by atoms with Gasteiger partial charge in [-0.3, -0.25) is 9.59 Å². The zero-order valence-electron chi connectivity index (χ0n) is 27.9. The number of aryl methyl sites for hydroxylation is 4. The molecule has 0 atom stereocenters. The average molecular weight is 633 g/mol. The summed E-state index contributed by atoms with van der Waals surface area (Å²) in [5.74, 6) is -0.177. The number of nitrogens with one attached hydrogen (secondary N) is 2. The second-order valence-corrected chi connectivity index (χ2v) is 13.3. The summed E-state index contributed by atoms with van der Waals surface area (Å²) < 4.78 is 0. The summed E-state index contributed by atoms with van der Waals surface area (Å²) in [6.45, 7) is 8.32. The number of rotatable bonds is 6. The Labute approximate surface area is 281 Å². The standard InChI is InChI=1S/C42H40N4O2/c1-25-13-19-31(27(3)21-25)39-23-35(33-9-5-7-11-37(33)45-39)41(47)43-29-15-17-30(18-16-29)44-42(48)36-24-40(32-20-14-26(2)22-28(32)4)46-38-12-8-6-10-34(36)38/h5-14,19-24,29-30H,15-18H2,1-4H3,(H,43,47)(H,44,48). The number of hydrogen-bond acceptors (Lipinski definition) is 4. The Balaban J connectivity index is 1.06. The Morgan fingerprint density at radius 1 is 0.542 bits per heavy atom. The van der Waals surface area contributed by atoms with Crippen LogP contribution in [0.3, 0.4) is 0 Å². The number of pyridine rings is 2. The van der Waals surface area contributed by atoms with Crippen LogP contribution in [-0.4, -0.2) is 33.9 Å². The van der Waals surface area contributed by atoms with Gasteiger partial charge in [0.25, 0.3) is 11.8 Å². The third kappa shape index (κ3) is 6.30. The maximum atomic E-state index is 13.8. The van der Waals surface area contributed by atoms with Crippen molar-refractivity contribution in [2.75, 3.05) is 0 Å². The number of fused-ring (bicyclic) bond motifs is 2. The van der Waals surface area contributed by atoms with Gasteiger partial charge in [0.15, 0.2) is 0 Å². The first-order valence-electron chi connectivity index (χ1n) is 16.8. The van der Waals surface area contributed by atoms with Gasteiger partial charge in [-0.05, 0) is 88.8 Å². The molecule has 2 amide bonds. The maximum Gasteiger partial charge on any atom is 0.252 e. The molecule has 0 radical (unpaired) electrons. The zero-order valence-corrected chi connectivity index (χ0v) is 27.9. The molecule has 0 spiro atoms. The summed E-state index contributed by atoms with van der Waals surface area (Å²) >= 11 is 0. The van der Waals surface area contributed by atoms with E-state index in [0.29, 0.717) is 11.1 Å². The van der Waals surface area contributed by atoms with Gasteiger partial charge in [0.05, 0.1) is 33.5 Å². The largest absolute Gasteiger partial charge is 0.349 e. The summed E-state index contributed by atoms with van der Waals surface area (Å²) in [7, 11) is 0. The van der Waals surface area contributed by atoms with Crippen molar-refractivity contribution in [3.05, 3.63) is 130 Å². The van der Waals surface area contributed by atoms with E-state index in [1.807, 2.05) is 60.7 Å². The van der Waals surface area contributed by atoms with Crippen molar-refractivity contribution >= 4 is 33.6 Å². The van der Waals surface area contributed by atoms with E-state index in [-0.39, 0.29) is 23.9 Å². The minimum atomic E-state index is -0.0886. The van der Waals surface area contributed by atoms with Crippen molar-refractivity contribution in [2.45, 2.75) is 65.5 Å². The topological polar surface area (TPSA) is 84.0 Å². The van der Waals surface area contributed by atoms with E-state index >= 15 is 0 Å². The lowest BCUT2D eigenvalue weighted by Gasteiger charge is -2.30. The highest BCUT2D eigenvalue weighted by atomic mass is 16.2. The first-order chi connectivity index (χ1) is 23.2. The molecule has 6 nitrogen and oxygen atoms in total. The van der Waals surface area contributed by atoms with Gasteiger partial charge in [0.2, 0.25) is 0 Å². The Bertz CT molecular complexity index is 2040. The fourth-order valence-electron chi connectivity index (χ4n) is 7.11. The molecule has 2 heterocycles. The maximum absolute atomic E-state index is 13.8. The summed E-state index contributed by atoms with van der Waals surface area (Å²) in [6, 6.07) is 32.2.